The van der Waals surface area contributed by atoms with E-state index >= 15 is 0 Å². The highest BCUT2D eigenvalue weighted by molar-refractivity contribution is 7.87. The summed E-state index contributed by atoms with van der Waals surface area (Å²) in [5, 5.41) is 0.694. The molecule has 0 bridgehead atoms. The van der Waals surface area contributed by atoms with Crippen molar-refractivity contribution in [1.82, 2.24) is 13.3 Å². The summed E-state index contributed by atoms with van der Waals surface area (Å²) in [6.45, 7) is 0. The number of hydrogen-bond acceptors (Lipinski definition) is 4. The van der Waals surface area contributed by atoms with Crippen LogP contribution in [0.5, 0.6) is 0 Å². The molecule has 10 heteroatoms. The predicted molar refractivity (Wildman–Crippen MR) is 84.2 cm³/mol. The average Bonchev–Trinajstić information content (AvgIpc) is 2.84. The number of amides is 1. The molecule has 0 saturated heterocycles. The number of imidazole rings is 1. The summed E-state index contributed by atoms with van der Waals surface area (Å²) in [6.07, 6.45) is 1.19. The zero-order valence-electron chi connectivity index (χ0n) is 11.6. The van der Waals surface area contributed by atoms with E-state index in [0.29, 0.717) is 10.6 Å². The molecule has 0 aliphatic carbocycles. The molecule has 118 valence electrons. The molecular weight excluding hydrogens is 351 g/mol. The van der Waals surface area contributed by atoms with Crippen LogP contribution >= 0.6 is 23.2 Å². The molecule has 1 aromatic carbocycles. The van der Waals surface area contributed by atoms with E-state index in [2.05, 4.69) is 4.98 Å². The van der Waals surface area contributed by atoms with E-state index in [0.717, 1.165) is 8.28 Å². The van der Waals surface area contributed by atoms with Crippen molar-refractivity contribution in [2.45, 2.75) is 0 Å². The van der Waals surface area contributed by atoms with Gasteiger partial charge in [-0.05, 0) is 18.2 Å². The van der Waals surface area contributed by atoms with Gasteiger partial charge in [0.15, 0.2) is 0 Å². The Morgan fingerprint density at radius 2 is 1.95 bits per heavy atom. The van der Waals surface area contributed by atoms with Crippen LogP contribution < -0.4 is 5.73 Å². The number of carbonyl (C=O) groups excluding carboxylic acids is 1. The summed E-state index contributed by atoms with van der Waals surface area (Å²) < 4.78 is 26.1. The van der Waals surface area contributed by atoms with E-state index in [-0.39, 0.29) is 10.7 Å². The van der Waals surface area contributed by atoms with Gasteiger partial charge in [-0.3, -0.25) is 4.79 Å². The monoisotopic (exact) mass is 362 g/mol. The molecule has 0 atom stereocenters. The molecular formula is C12H12Cl2N4O3S. The minimum Gasteiger partial charge on any atom is -0.363 e. The molecule has 22 heavy (non-hydrogen) atoms. The first-order valence-corrected chi connectivity index (χ1v) is 8.07. The predicted octanol–water partition coefficient (Wildman–Crippen LogP) is 1.61. The first-order valence-electron chi connectivity index (χ1n) is 5.92. The Morgan fingerprint density at radius 1 is 1.32 bits per heavy atom. The molecule has 0 unspecified atom stereocenters. The van der Waals surface area contributed by atoms with E-state index in [1.807, 2.05) is 0 Å². The molecule has 1 amide bonds. The third-order valence-electron chi connectivity index (χ3n) is 2.81. The zero-order valence-corrected chi connectivity index (χ0v) is 13.9. The summed E-state index contributed by atoms with van der Waals surface area (Å²) in [5.74, 6) is -1.38. The van der Waals surface area contributed by atoms with E-state index in [1.54, 1.807) is 12.1 Å². The van der Waals surface area contributed by atoms with Crippen LogP contribution in [0.1, 0.15) is 10.6 Å². The van der Waals surface area contributed by atoms with Gasteiger partial charge in [-0.1, -0.05) is 23.2 Å². The Hall–Kier alpha value is -1.61. The van der Waals surface area contributed by atoms with Gasteiger partial charge in [-0.15, -0.1) is 0 Å². The van der Waals surface area contributed by atoms with Crippen molar-refractivity contribution in [3.8, 4) is 11.3 Å². The highest BCUT2D eigenvalue weighted by Crippen LogP contribution is 2.30. The largest absolute Gasteiger partial charge is 0.363 e. The highest BCUT2D eigenvalue weighted by atomic mass is 35.5. The van der Waals surface area contributed by atoms with Crippen LogP contribution in [0.4, 0.5) is 0 Å². The molecule has 0 spiro atoms. The van der Waals surface area contributed by atoms with Crippen molar-refractivity contribution >= 4 is 39.3 Å². The van der Waals surface area contributed by atoms with Crippen LogP contribution in [0.15, 0.2) is 24.4 Å². The molecule has 2 rings (SSSR count). The van der Waals surface area contributed by atoms with Crippen LogP contribution in [0.3, 0.4) is 0 Å². The Balaban J connectivity index is 2.69. The Morgan fingerprint density at radius 3 is 2.45 bits per heavy atom. The molecule has 2 N–H and O–H groups in total. The Bertz CT molecular complexity index is 846. The fourth-order valence-corrected chi connectivity index (χ4v) is 3.15. The molecule has 0 radical (unpaired) electrons. The third kappa shape index (κ3) is 2.95. The van der Waals surface area contributed by atoms with Crippen LogP contribution in [-0.2, 0) is 10.2 Å². The topological polar surface area (TPSA) is 98.3 Å². The number of carbonyl (C=O) groups is 1. The Kier molecular flexibility index (Phi) is 4.48. The van der Waals surface area contributed by atoms with Crippen molar-refractivity contribution in [2.24, 2.45) is 5.73 Å². The Labute approximate surface area is 137 Å². The van der Waals surface area contributed by atoms with Crippen LogP contribution in [-0.4, -0.2) is 41.7 Å². The normalized spacial score (nSPS) is 11.9. The van der Waals surface area contributed by atoms with Gasteiger partial charge in [0, 0.05) is 24.7 Å². The smallest absolute Gasteiger partial charge is 0.308 e. The number of rotatable bonds is 4. The molecule has 2 aromatic rings. The standard InChI is InChI=1S/C12H12Cl2N4O3S/c1-17(2)22(20,21)18-6-10(16-12(18)11(15)19)8-4-3-7(13)5-9(8)14/h3-6H,1-2H3,(H2,15,19). The highest BCUT2D eigenvalue weighted by Gasteiger charge is 2.25. The van der Waals surface area contributed by atoms with Gasteiger partial charge in [-0.25, -0.2) is 8.96 Å². The SMILES string of the molecule is CN(C)S(=O)(=O)n1cc(-c2ccc(Cl)cc2Cl)nc1C(N)=O. The van der Waals surface area contributed by atoms with Gasteiger partial charge < -0.3 is 5.73 Å². The summed E-state index contributed by atoms with van der Waals surface area (Å²) >= 11 is 11.9. The minimum absolute atomic E-state index is 0.195. The number of hydrogen-bond donors (Lipinski definition) is 1. The van der Waals surface area contributed by atoms with Crippen LogP contribution in [0.2, 0.25) is 10.0 Å². The molecule has 0 fully saturated rings. The van der Waals surface area contributed by atoms with Gasteiger partial charge in [0.25, 0.3) is 5.91 Å². The number of benzene rings is 1. The molecule has 0 aliphatic rings. The number of nitrogens with two attached hydrogens (primary N) is 1. The molecule has 7 nitrogen and oxygen atoms in total. The van der Waals surface area contributed by atoms with Crippen LogP contribution in [0, 0.1) is 0 Å². The van der Waals surface area contributed by atoms with E-state index in [9.17, 15) is 13.2 Å². The first kappa shape index (κ1) is 16.8. The number of primary amides is 1. The number of aromatic nitrogens is 2. The maximum absolute atomic E-state index is 12.2. The summed E-state index contributed by atoms with van der Waals surface area (Å²) in [4.78, 5) is 15.5. The molecule has 1 aromatic heterocycles. The van der Waals surface area contributed by atoms with Gasteiger partial charge in [-0.2, -0.15) is 12.7 Å². The zero-order chi connectivity index (χ0) is 16.7. The fraction of sp³-hybridized carbons (Fsp3) is 0.167. The van der Waals surface area contributed by atoms with Gasteiger partial charge >= 0.3 is 10.2 Å². The number of nitrogens with zero attached hydrogens (tertiary/aromatic N) is 3. The average molecular weight is 363 g/mol. The lowest BCUT2D eigenvalue weighted by molar-refractivity contribution is 0.0989. The van der Waals surface area contributed by atoms with Crippen molar-refractivity contribution in [3.63, 3.8) is 0 Å². The van der Waals surface area contributed by atoms with Crippen LogP contribution in [0.25, 0.3) is 11.3 Å². The summed E-state index contributed by atoms with van der Waals surface area (Å²) in [5.41, 5.74) is 5.83. The van der Waals surface area contributed by atoms with Crippen molar-refractivity contribution in [2.75, 3.05) is 14.1 Å². The van der Waals surface area contributed by atoms with Gasteiger partial charge in [0.1, 0.15) is 0 Å². The summed E-state index contributed by atoms with van der Waals surface area (Å²) in [6, 6.07) is 4.64. The quantitative estimate of drug-likeness (QED) is 0.892. The maximum Gasteiger partial charge on any atom is 0.308 e. The third-order valence-corrected chi connectivity index (χ3v) is 5.06. The second-order valence-electron chi connectivity index (χ2n) is 4.52. The lowest BCUT2D eigenvalue weighted by atomic mass is 10.2. The summed E-state index contributed by atoms with van der Waals surface area (Å²) in [7, 11) is -1.29. The second-order valence-corrected chi connectivity index (χ2v) is 7.39. The van der Waals surface area contributed by atoms with Crippen molar-refractivity contribution in [3.05, 3.63) is 40.3 Å². The molecule has 0 aliphatic heterocycles. The lowest BCUT2D eigenvalue weighted by Gasteiger charge is -2.12. The van der Waals surface area contributed by atoms with E-state index in [4.69, 9.17) is 28.9 Å². The van der Waals surface area contributed by atoms with Crippen molar-refractivity contribution in [1.29, 1.82) is 0 Å². The second kappa shape index (κ2) is 5.88. The fourth-order valence-electron chi connectivity index (χ4n) is 1.71. The first-order chi connectivity index (χ1) is 10.1. The van der Waals surface area contributed by atoms with Gasteiger partial charge in [0.05, 0.1) is 16.9 Å². The van der Waals surface area contributed by atoms with Gasteiger partial charge in [0.2, 0.25) is 5.82 Å². The number of halogens is 2. The van der Waals surface area contributed by atoms with E-state index < -0.39 is 21.9 Å². The van der Waals surface area contributed by atoms with E-state index in [1.165, 1.54) is 26.4 Å². The maximum atomic E-state index is 12.2. The minimum atomic E-state index is -3.94. The van der Waals surface area contributed by atoms with Crippen molar-refractivity contribution < 1.29 is 13.2 Å². The molecule has 0 saturated carbocycles. The molecule has 1 heterocycles. The lowest BCUT2D eigenvalue weighted by Crippen LogP contribution is -2.32.